The van der Waals surface area contributed by atoms with Crippen molar-refractivity contribution in [2.75, 3.05) is 27.4 Å². The predicted molar refractivity (Wildman–Crippen MR) is 103 cm³/mol. The van der Waals surface area contributed by atoms with Crippen molar-refractivity contribution in [3.8, 4) is 11.5 Å². The minimum atomic E-state index is -1.69. The molecule has 1 aliphatic rings. The number of hydrogen-bond acceptors (Lipinski definition) is 8. The van der Waals surface area contributed by atoms with Gasteiger partial charge in [-0.3, -0.25) is 14.4 Å². The smallest absolute Gasteiger partial charge is 0.317 e. The van der Waals surface area contributed by atoms with Gasteiger partial charge in [-0.2, -0.15) is 0 Å². The third-order valence-corrected chi connectivity index (χ3v) is 5.14. The second-order valence-corrected chi connectivity index (χ2v) is 7.10. The van der Waals surface area contributed by atoms with E-state index in [0.717, 1.165) is 0 Å². The molecule has 1 fully saturated rings. The summed E-state index contributed by atoms with van der Waals surface area (Å²) in [4.78, 5) is 38.3. The van der Waals surface area contributed by atoms with Crippen molar-refractivity contribution in [2.45, 2.75) is 38.7 Å². The molecular formula is C21H28O8. The van der Waals surface area contributed by atoms with Crippen LogP contribution >= 0.6 is 0 Å². The molecule has 29 heavy (non-hydrogen) atoms. The molecule has 1 aliphatic carbocycles. The summed E-state index contributed by atoms with van der Waals surface area (Å²) in [6.07, 6.45) is -0.357. The maximum absolute atomic E-state index is 12.8. The number of carbonyl (C=O) groups is 3. The lowest BCUT2D eigenvalue weighted by Gasteiger charge is -2.43. The molecule has 8 heteroatoms. The monoisotopic (exact) mass is 408 g/mol. The molecule has 0 radical (unpaired) electrons. The number of esters is 2. The van der Waals surface area contributed by atoms with Gasteiger partial charge in [-0.1, -0.05) is 6.07 Å². The summed E-state index contributed by atoms with van der Waals surface area (Å²) in [5.41, 5.74) is -1.23. The Morgan fingerprint density at radius 2 is 1.66 bits per heavy atom. The first-order valence-corrected chi connectivity index (χ1v) is 9.52. The van der Waals surface area contributed by atoms with Gasteiger partial charge in [0, 0.05) is 12.3 Å². The first-order chi connectivity index (χ1) is 13.7. The number of rotatable bonds is 7. The van der Waals surface area contributed by atoms with E-state index in [-0.39, 0.29) is 19.6 Å². The molecule has 0 aromatic heterocycles. The molecule has 0 spiro atoms. The molecule has 1 N–H and O–H groups in total. The summed E-state index contributed by atoms with van der Waals surface area (Å²) in [6.45, 7) is 4.87. The van der Waals surface area contributed by atoms with E-state index < -0.39 is 41.1 Å². The van der Waals surface area contributed by atoms with Crippen molar-refractivity contribution >= 4 is 17.7 Å². The summed E-state index contributed by atoms with van der Waals surface area (Å²) in [7, 11) is 2.94. The van der Waals surface area contributed by atoms with Gasteiger partial charge >= 0.3 is 11.9 Å². The number of Topliss-reactive ketones (excluding diaryl/α,β-unsaturated/α-hetero) is 1. The molecule has 4 atom stereocenters. The molecule has 1 aromatic rings. The molecule has 1 saturated carbocycles. The first kappa shape index (κ1) is 22.7. The minimum Gasteiger partial charge on any atom is -0.493 e. The Kier molecular flexibility index (Phi) is 7.24. The Hall–Kier alpha value is -2.61. The van der Waals surface area contributed by atoms with Gasteiger partial charge in [0.1, 0.15) is 5.92 Å². The third-order valence-electron chi connectivity index (χ3n) is 5.14. The van der Waals surface area contributed by atoms with Crippen LogP contribution in [0.1, 0.15) is 38.7 Å². The summed E-state index contributed by atoms with van der Waals surface area (Å²) >= 11 is 0. The standard InChI is InChI=1S/C21H28O8/c1-6-28-19(23)17-13(22)11-21(3,25)18(20(24)29-7-2)16(17)12-8-9-14(26-4)15(10-12)27-5/h8-10,16-18,25H,6-7,11H2,1-5H3. The van der Waals surface area contributed by atoms with Gasteiger partial charge < -0.3 is 24.1 Å². The number of hydrogen-bond donors (Lipinski definition) is 1. The van der Waals surface area contributed by atoms with E-state index in [1.165, 1.54) is 21.1 Å². The Morgan fingerprint density at radius 3 is 2.21 bits per heavy atom. The van der Waals surface area contributed by atoms with E-state index >= 15 is 0 Å². The molecule has 0 saturated heterocycles. The Balaban J connectivity index is 2.67. The molecule has 160 valence electrons. The van der Waals surface area contributed by atoms with Gasteiger partial charge in [-0.05, 0) is 38.5 Å². The van der Waals surface area contributed by atoms with Crippen molar-refractivity contribution in [3.05, 3.63) is 23.8 Å². The van der Waals surface area contributed by atoms with Crippen molar-refractivity contribution in [1.29, 1.82) is 0 Å². The van der Waals surface area contributed by atoms with Crippen LogP contribution in [-0.4, -0.2) is 55.9 Å². The van der Waals surface area contributed by atoms with Crippen molar-refractivity contribution in [3.63, 3.8) is 0 Å². The molecule has 4 unspecified atom stereocenters. The van der Waals surface area contributed by atoms with Gasteiger partial charge in [0.05, 0.1) is 39.0 Å². The molecular weight excluding hydrogens is 380 g/mol. The first-order valence-electron chi connectivity index (χ1n) is 9.52. The quantitative estimate of drug-likeness (QED) is 0.538. The fourth-order valence-electron chi connectivity index (χ4n) is 3.94. The van der Waals surface area contributed by atoms with Crippen LogP contribution in [0.15, 0.2) is 18.2 Å². The van der Waals surface area contributed by atoms with Gasteiger partial charge in [0.25, 0.3) is 0 Å². The zero-order chi connectivity index (χ0) is 21.8. The number of carbonyl (C=O) groups excluding carboxylic acids is 3. The van der Waals surface area contributed by atoms with E-state index in [1.54, 1.807) is 32.0 Å². The van der Waals surface area contributed by atoms with E-state index in [0.29, 0.717) is 17.1 Å². The number of ketones is 1. The van der Waals surface area contributed by atoms with Gasteiger partial charge in [-0.15, -0.1) is 0 Å². The Bertz CT molecular complexity index is 770. The average Bonchev–Trinajstić information content (AvgIpc) is 2.66. The second kappa shape index (κ2) is 9.26. The Labute approximate surface area is 170 Å². The number of ether oxygens (including phenoxy) is 4. The topological polar surface area (TPSA) is 108 Å². The molecule has 0 bridgehead atoms. The van der Waals surface area contributed by atoms with E-state index in [4.69, 9.17) is 18.9 Å². The summed E-state index contributed by atoms with van der Waals surface area (Å²) in [6, 6.07) is 4.85. The van der Waals surface area contributed by atoms with E-state index in [2.05, 4.69) is 0 Å². The summed E-state index contributed by atoms with van der Waals surface area (Å²) in [5, 5.41) is 11.0. The van der Waals surface area contributed by atoms with Crippen LogP contribution in [0.4, 0.5) is 0 Å². The van der Waals surface area contributed by atoms with Crippen LogP contribution < -0.4 is 9.47 Å². The molecule has 0 heterocycles. The molecule has 8 nitrogen and oxygen atoms in total. The third kappa shape index (κ3) is 4.53. The van der Waals surface area contributed by atoms with Crippen LogP contribution in [0.25, 0.3) is 0 Å². The maximum Gasteiger partial charge on any atom is 0.317 e. The van der Waals surface area contributed by atoms with Crippen molar-refractivity contribution in [2.24, 2.45) is 11.8 Å². The zero-order valence-electron chi connectivity index (χ0n) is 17.4. The van der Waals surface area contributed by atoms with Crippen molar-refractivity contribution in [1.82, 2.24) is 0 Å². The Morgan fingerprint density at radius 1 is 1.07 bits per heavy atom. The molecule has 0 aliphatic heterocycles. The molecule has 0 amide bonds. The lowest BCUT2D eigenvalue weighted by Crippen LogP contribution is -2.55. The summed E-state index contributed by atoms with van der Waals surface area (Å²) in [5.74, 6) is -4.46. The fraction of sp³-hybridized carbons (Fsp3) is 0.571. The van der Waals surface area contributed by atoms with Gasteiger partial charge in [0.2, 0.25) is 0 Å². The largest absolute Gasteiger partial charge is 0.493 e. The highest BCUT2D eigenvalue weighted by Crippen LogP contribution is 2.48. The van der Waals surface area contributed by atoms with E-state index in [1.807, 2.05) is 0 Å². The highest BCUT2D eigenvalue weighted by molar-refractivity contribution is 6.02. The number of methoxy groups -OCH3 is 2. The lowest BCUT2D eigenvalue weighted by molar-refractivity contribution is -0.172. The van der Waals surface area contributed by atoms with Crippen LogP contribution in [0, 0.1) is 11.8 Å². The highest BCUT2D eigenvalue weighted by atomic mass is 16.5. The highest BCUT2D eigenvalue weighted by Gasteiger charge is 2.57. The van der Waals surface area contributed by atoms with Crippen LogP contribution in [-0.2, 0) is 23.9 Å². The second-order valence-electron chi connectivity index (χ2n) is 7.10. The molecule has 1 aromatic carbocycles. The summed E-state index contributed by atoms with van der Waals surface area (Å²) < 4.78 is 20.9. The van der Waals surface area contributed by atoms with Gasteiger partial charge in [0.15, 0.2) is 17.3 Å². The normalized spacial score (nSPS) is 26.6. The van der Waals surface area contributed by atoms with Crippen LogP contribution in [0.3, 0.4) is 0 Å². The SMILES string of the molecule is CCOC(=O)C1C(=O)CC(C)(O)C(C(=O)OCC)C1c1ccc(OC)c(OC)c1. The number of benzene rings is 1. The molecule has 2 rings (SSSR count). The average molecular weight is 408 g/mol. The maximum atomic E-state index is 12.8. The minimum absolute atomic E-state index is 0.0851. The van der Waals surface area contributed by atoms with Crippen molar-refractivity contribution < 1.29 is 38.4 Å². The van der Waals surface area contributed by atoms with Crippen LogP contribution in [0.2, 0.25) is 0 Å². The van der Waals surface area contributed by atoms with Gasteiger partial charge in [-0.25, -0.2) is 0 Å². The zero-order valence-corrected chi connectivity index (χ0v) is 17.4. The lowest BCUT2D eigenvalue weighted by atomic mass is 9.61. The van der Waals surface area contributed by atoms with E-state index in [9.17, 15) is 19.5 Å². The fourth-order valence-corrected chi connectivity index (χ4v) is 3.94. The number of aliphatic hydroxyl groups is 1. The predicted octanol–water partition coefficient (Wildman–Crippen LogP) is 1.87. The van der Waals surface area contributed by atoms with Crippen LogP contribution in [0.5, 0.6) is 11.5 Å².